The minimum Gasteiger partial charge on any atom is -0.459 e. The Balaban J connectivity index is 1.21. The van der Waals surface area contributed by atoms with E-state index < -0.39 is 50.3 Å². The Kier molecular flexibility index (Phi) is 9.36. The second-order valence-electron chi connectivity index (χ2n) is 15.1. The molecular weight excluding hydrogens is 669 g/mol. The van der Waals surface area contributed by atoms with Gasteiger partial charge in [0.15, 0.2) is 0 Å². The number of rotatable bonds is 8. The Morgan fingerprint density at radius 2 is 1.78 bits per heavy atom. The second-order valence-corrected chi connectivity index (χ2v) is 17.3. The molecule has 3 N–H and O–H groups in total. The molecule has 2 aromatic carbocycles. The van der Waals surface area contributed by atoms with E-state index in [1.165, 1.54) is 0 Å². The molecule has 2 aliphatic carbocycles. The van der Waals surface area contributed by atoms with Crippen LogP contribution in [0.3, 0.4) is 0 Å². The van der Waals surface area contributed by atoms with Crippen molar-refractivity contribution in [1.29, 1.82) is 0 Å². The number of nitrogens with zero attached hydrogens (tertiary/aromatic N) is 3. The summed E-state index contributed by atoms with van der Waals surface area (Å²) in [6.07, 6.45) is 8.71. The van der Waals surface area contributed by atoms with Crippen LogP contribution in [0.5, 0.6) is 6.01 Å². The topological polar surface area (TPSA) is 152 Å². The summed E-state index contributed by atoms with van der Waals surface area (Å²) in [4.78, 5) is 49.2. The first-order chi connectivity index (χ1) is 24.4. The number of anilines is 1. The van der Waals surface area contributed by atoms with Gasteiger partial charge in [0.1, 0.15) is 23.7 Å². The fraction of sp³-hybridized carbons (Fsp3) is 0.526. The van der Waals surface area contributed by atoms with Gasteiger partial charge in [0.2, 0.25) is 21.8 Å². The third-order valence-electron chi connectivity index (χ3n) is 10.9. The molecule has 3 aromatic rings. The average molecular weight is 717 g/mol. The molecule has 0 unspecified atom stereocenters. The molecule has 1 saturated heterocycles. The summed E-state index contributed by atoms with van der Waals surface area (Å²) in [6, 6.07) is 16.2. The van der Waals surface area contributed by atoms with Crippen molar-refractivity contribution in [3.05, 3.63) is 66.7 Å². The van der Waals surface area contributed by atoms with Crippen LogP contribution in [0.1, 0.15) is 84.6 Å². The van der Waals surface area contributed by atoms with Crippen molar-refractivity contribution in [1.82, 2.24) is 24.5 Å². The fourth-order valence-corrected chi connectivity index (χ4v) is 8.75. The van der Waals surface area contributed by atoms with Crippen LogP contribution in [0, 0.1) is 5.92 Å². The number of aromatic nitrogens is 2. The number of hydrogen-bond donors (Lipinski definition) is 3. The van der Waals surface area contributed by atoms with Crippen LogP contribution in [-0.4, -0.2) is 75.6 Å². The highest BCUT2D eigenvalue weighted by Crippen LogP contribution is 2.47. The lowest BCUT2D eigenvalue weighted by Gasteiger charge is -2.30. The summed E-state index contributed by atoms with van der Waals surface area (Å²) in [5.74, 6) is -1.85. The largest absolute Gasteiger partial charge is 0.459 e. The molecule has 1 aromatic heterocycles. The first-order valence-corrected chi connectivity index (χ1v) is 19.7. The summed E-state index contributed by atoms with van der Waals surface area (Å²) in [7, 11) is -3.94. The van der Waals surface area contributed by atoms with Crippen LogP contribution < -0.4 is 20.1 Å². The van der Waals surface area contributed by atoms with Crippen LogP contribution in [0.25, 0.3) is 11.0 Å². The van der Waals surface area contributed by atoms with E-state index in [-0.39, 0.29) is 37.3 Å². The molecule has 7 rings (SSSR count). The summed E-state index contributed by atoms with van der Waals surface area (Å²) < 4.78 is 36.1. The molecule has 2 aliphatic heterocycles. The number of ether oxygens (including phenoxy) is 1. The Morgan fingerprint density at radius 3 is 2.53 bits per heavy atom. The van der Waals surface area contributed by atoms with Crippen molar-refractivity contribution in [2.75, 3.05) is 11.9 Å². The minimum atomic E-state index is -3.94. The SMILES string of the molecule is CC(C)n1c(O[C@@H]2C[C@H]3C(=O)N[C@]4(C(=O)NS(=O)(=O)C5(C)CC5)C[C@H]4C=CCCCCC[C@H](Nc4ccccc4)C(=O)N3C2)nc2ccccc21. The zero-order valence-corrected chi connectivity index (χ0v) is 30.3. The molecule has 12 nitrogen and oxygen atoms in total. The number of para-hydroxylation sites is 3. The van der Waals surface area contributed by atoms with Gasteiger partial charge in [-0.15, -0.1) is 0 Å². The van der Waals surface area contributed by atoms with Crippen molar-refractivity contribution >= 4 is 44.5 Å². The van der Waals surface area contributed by atoms with Crippen molar-refractivity contribution < 1.29 is 27.5 Å². The Hall–Kier alpha value is -4.39. The maximum absolute atomic E-state index is 14.6. The molecule has 13 heteroatoms. The van der Waals surface area contributed by atoms with Gasteiger partial charge in [-0.05, 0) is 83.6 Å². The van der Waals surface area contributed by atoms with Gasteiger partial charge in [-0.25, -0.2) is 8.42 Å². The minimum absolute atomic E-state index is 0.0380. The van der Waals surface area contributed by atoms with E-state index >= 15 is 0 Å². The van der Waals surface area contributed by atoms with Gasteiger partial charge in [0.05, 0.1) is 22.3 Å². The molecule has 0 radical (unpaired) electrons. The number of amides is 3. The van der Waals surface area contributed by atoms with Crippen LogP contribution in [0.2, 0.25) is 0 Å². The zero-order chi connectivity index (χ0) is 36.0. The second kappa shape index (κ2) is 13.6. The van der Waals surface area contributed by atoms with Gasteiger partial charge < -0.3 is 20.3 Å². The maximum Gasteiger partial charge on any atom is 0.297 e. The third-order valence-corrected chi connectivity index (χ3v) is 13.1. The first-order valence-electron chi connectivity index (χ1n) is 18.2. The number of fused-ring (bicyclic) bond motifs is 3. The van der Waals surface area contributed by atoms with Gasteiger partial charge >= 0.3 is 0 Å². The first kappa shape index (κ1) is 35.0. The van der Waals surface area contributed by atoms with Crippen LogP contribution >= 0.6 is 0 Å². The van der Waals surface area contributed by atoms with Crippen molar-refractivity contribution in [3.8, 4) is 6.01 Å². The number of carbonyl (C=O) groups is 3. The Labute approximate surface area is 299 Å². The normalized spacial score (nSPS) is 27.9. The van der Waals surface area contributed by atoms with Crippen LogP contribution in [0.15, 0.2) is 66.7 Å². The number of carbonyl (C=O) groups excluding carboxylic acids is 3. The fourth-order valence-electron chi connectivity index (χ4n) is 7.44. The summed E-state index contributed by atoms with van der Waals surface area (Å²) in [5.41, 5.74) is 1.07. The van der Waals surface area contributed by atoms with Crippen molar-refractivity contribution in [2.24, 2.45) is 5.92 Å². The number of sulfonamides is 1. The van der Waals surface area contributed by atoms with Crippen LogP contribution in [-0.2, 0) is 24.4 Å². The lowest BCUT2D eigenvalue weighted by atomic mass is 10.0. The molecular formula is C38H48N6O6S. The van der Waals surface area contributed by atoms with Gasteiger partial charge in [-0.1, -0.05) is 55.3 Å². The zero-order valence-electron chi connectivity index (χ0n) is 29.5. The molecule has 2 saturated carbocycles. The molecule has 3 amide bonds. The van der Waals surface area contributed by atoms with Crippen molar-refractivity contribution in [2.45, 2.75) is 113 Å². The molecule has 0 bridgehead atoms. The predicted octanol–water partition coefficient (Wildman–Crippen LogP) is 4.84. The predicted molar refractivity (Wildman–Crippen MR) is 194 cm³/mol. The average Bonchev–Trinajstić information content (AvgIpc) is 3.92. The Morgan fingerprint density at radius 1 is 1.04 bits per heavy atom. The van der Waals surface area contributed by atoms with E-state index in [4.69, 9.17) is 9.72 Å². The molecule has 51 heavy (non-hydrogen) atoms. The molecule has 3 fully saturated rings. The molecule has 4 aliphatic rings. The third kappa shape index (κ3) is 6.96. The molecule has 0 spiro atoms. The molecule has 3 heterocycles. The summed E-state index contributed by atoms with van der Waals surface area (Å²) >= 11 is 0. The lowest BCUT2D eigenvalue weighted by molar-refractivity contribution is -0.140. The van der Waals surface area contributed by atoms with E-state index in [1.54, 1.807) is 11.8 Å². The van der Waals surface area contributed by atoms with E-state index in [1.807, 2.05) is 85.2 Å². The van der Waals surface area contributed by atoms with E-state index in [2.05, 4.69) is 15.4 Å². The molecule has 5 atom stereocenters. The monoisotopic (exact) mass is 716 g/mol. The lowest BCUT2D eigenvalue weighted by Crippen LogP contribution is -2.58. The highest BCUT2D eigenvalue weighted by Gasteiger charge is 2.63. The molecule has 272 valence electrons. The van der Waals surface area contributed by atoms with Crippen molar-refractivity contribution in [3.63, 3.8) is 0 Å². The van der Waals surface area contributed by atoms with Gasteiger partial charge in [-0.3, -0.25) is 23.7 Å². The summed E-state index contributed by atoms with van der Waals surface area (Å²) in [6.45, 7) is 5.85. The number of allylic oxidation sites excluding steroid dienone is 1. The van der Waals surface area contributed by atoms with E-state index in [9.17, 15) is 22.8 Å². The number of nitrogens with one attached hydrogen (secondary N) is 3. The Bertz CT molecular complexity index is 1940. The van der Waals surface area contributed by atoms with Gasteiger partial charge in [0, 0.05) is 24.1 Å². The maximum atomic E-state index is 14.6. The number of hydrogen-bond acceptors (Lipinski definition) is 8. The van der Waals surface area contributed by atoms with Crippen LogP contribution in [0.4, 0.5) is 5.69 Å². The number of imidazole rings is 1. The quantitative estimate of drug-likeness (QED) is 0.280. The van der Waals surface area contributed by atoms with Gasteiger partial charge in [0.25, 0.3) is 11.9 Å². The standard InChI is InChI=1S/C38H48N6O6S/c1-25(2)44-31-19-13-12-17-29(31)40-36(44)50-28-22-32-33(45)41-38(35(47)42-51(48,49)37(3)20-21-37)23-26(38)14-8-5-4-6-11-18-30(34(46)43(32)24-28)39-27-15-9-7-10-16-27/h7-10,12-17,19,25-26,28,30,32,39H,4-6,11,18,20-24H2,1-3H3,(H,41,45)(H,42,47)/t26-,28-,30+,32+,38-/m1/s1. The highest BCUT2D eigenvalue weighted by molar-refractivity contribution is 7.91. The van der Waals surface area contributed by atoms with E-state index in [0.29, 0.717) is 25.3 Å². The van der Waals surface area contributed by atoms with E-state index in [0.717, 1.165) is 42.4 Å². The highest BCUT2D eigenvalue weighted by atomic mass is 32.2. The number of benzene rings is 2. The smallest absolute Gasteiger partial charge is 0.297 e. The van der Waals surface area contributed by atoms with Gasteiger partial charge in [-0.2, -0.15) is 4.98 Å². The summed E-state index contributed by atoms with van der Waals surface area (Å²) in [5, 5.41) is 6.39.